The summed E-state index contributed by atoms with van der Waals surface area (Å²) in [6, 6.07) is 5.31. The zero-order valence-electron chi connectivity index (χ0n) is 9.46. The van der Waals surface area contributed by atoms with Crippen LogP contribution in [0.1, 0.15) is 11.6 Å². The van der Waals surface area contributed by atoms with Crippen molar-refractivity contribution in [1.82, 2.24) is 5.32 Å². The third kappa shape index (κ3) is 2.87. The zero-order chi connectivity index (χ0) is 12.1. The van der Waals surface area contributed by atoms with Crippen LogP contribution in [0.2, 0.25) is 10.0 Å². The monoisotopic (exact) mass is 263 g/mol. The summed E-state index contributed by atoms with van der Waals surface area (Å²) in [5.74, 6) is 0. The molecule has 1 N–H and O–H groups in total. The lowest BCUT2D eigenvalue weighted by molar-refractivity contribution is -0.123. The van der Waals surface area contributed by atoms with E-state index in [1.54, 1.807) is 20.3 Å². The Kier molecular flexibility index (Phi) is 5.52. The highest BCUT2D eigenvalue weighted by atomic mass is 35.5. The van der Waals surface area contributed by atoms with Crippen molar-refractivity contribution in [1.29, 1.82) is 0 Å². The van der Waals surface area contributed by atoms with E-state index in [0.717, 1.165) is 5.56 Å². The van der Waals surface area contributed by atoms with Gasteiger partial charge in [0.2, 0.25) is 0 Å². The minimum Gasteiger partial charge on any atom is -0.354 e. The molecule has 0 fully saturated rings. The van der Waals surface area contributed by atoms with E-state index in [0.29, 0.717) is 10.0 Å². The SMILES string of the molecule is CNC(c1cccc(Cl)c1Cl)C(OC)OC. The van der Waals surface area contributed by atoms with Crippen molar-refractivity contribution in [2.24, 2.45) is 0 Å². The standard InChI is InChI=1S/C11H15Cl2NO2/c1-14-10(11(15-2)16-3)7-5-4-6-8(12)9(7)13/h4-6,10-11,14H,1-3H3. The van der Waals surface area contributed by atoms with Crippen molar-refractivity contribution in [3.63, 3.8) is 0 Å². The predicted molar refractivity (Wildman–Crippen MR) is 66.1 cm³/mol. The number of methoxy groups -OCH3 is 2. The van der Waals surface area contributed by atoms with Crippen molar-refractivity contribution < 1.29 is 9.47 Å². The molecule has 0 spiro atoms. The summed E-state index contributed by atoms with van der Waals surface area (Å²) in [7, 11) is 4.97. The first-order valence-electron chi connectivity index (χ1n) is 4.82. The van der Waals surface area contributed by atoms with Crippen LogP contribution in [-0.4, -0.2) is 27.6 Å². The fourth-order valence-electron chi connectivity index (χ4n) is 1.57. The summed E-state index contributed by atoms with van der Waals surface area (Å²) in [6.45, 7) is 0. The number of rotatable bonds is 5. The molecule has 1 atom stereocenters. The van der Waals surface area contributed by atoms with E-state index in [9.17, 15) is 0 Å². The van der Waals surface area contributed by atoms with Crippen LogP contribution < -0.4 is 5.32 Å². The second kappa shape index (κ2) is 6.42. The van der Waals surface area contributed by atoms with Gasteiger partial charge in [-0.2, -0.15) is 0 Å². The Hall–Kier alpha value is -0.320. The maximum absolute atomic E-state index is 6.14. The van der Waals surface area contributed by atoms with Gasteiger partial charge in [-0.15, -0.1) is 0 Å². The molecular weight excluding hydrogens is 249 g/mol. The number of hydrogen-bond acceptors (Lipinski definition) is 3. The zero-order valence-corrected chi connectivity index (χ0v) is 11.0. The Morgan fingerprint density at radius 1 is 1.19 bits per heavy atom. The molecule has 3 nitrogen and oxygen atoms in total. The van der Waals surface area contributed by atoms with Gasteiger partial charge in [0.15, 0.2) is 6.29 Å². The Morgan fingerprint density at radius 2 is 1.81 bits per heavy atom. The molecule has 0 aliphatic rings. The van der Waals surface area contributed by atoms with Crippen molar-refractivity contribution >= 4 is 23.2 Å². The van der Waals surface area contributed by atoms with Crippen LogP contribution in [-0.2, 0) is 9.47 Å². The molecule has 1 aromatic carbocycles. The molecular formula is C11H15Cl2NO2. The summed E-state index contributed by atoms with van der Waals surface area (Å²) in [5, 5.41) is 4.13. The van der Waals surface area contributed by atoms with Gasteiger partial charge in [0.1, 0.15) is 0 Å². The minimum atomic E-state index is -0.416. The van der Waals surface area contributed by atoms with Gasteiger partial charge in [-0.05, 0) is 18.7 Å². The predicted octanol–water partition coefficient (Wildman–Crippen LogP) is 2.87. The first-order chi connectivity index (χ1) is 7.65. The molecule has 0 amide bonds. The number of nitrogens with one attached hydrogen (secondary N) is 1. The summed E-state index contributed by atoms with van der Waals surface area (Å²) in [6.07, 6.45) is -0.416. The highest BCUT2D eigenvalue weighted by molar-refractivity contribution is 6.42. The van der Waals surface area contributed by atoms with Crippen LogP contribution in [0.4, 0.5) is 0 Å². The molecule has 16 heavy (non-hydrogen) atoms. The number of ether oxygens (including phenoxy) is 2. The van der Waals surface area contributed by atoms with Gasteiger partial charge in [0.05, 0.1) is 16.1 Å². The molecule has 1 unspecified atom stereocenters. The van der Waals surface area contributed by atoms with E-state index in [1.165, 1.54) is 0 Å². The van der Waals surface area contributed by atoms with Crippen molar-refractivity contribution in [3.8, 4) is 0 Å². The topological polar surface area (TPSA) is 30.5 Å². The van der Waals surface area contributed by atoms with E-state index in [1.807, 2.05) is 19.2 Å². The highest BCUT2D eigenvalue weighted by Gasteiger charge is 2.23. The number of halogens is 2. The fraction of sp³-hybridized carbons (Fsp3) is 0.455. The summed E-state index contributed by atoms with van der Waals surface area (Å²) in [4.78, 5) is 0. The van der Waals surface area contributed by atoms with Gasteiger partial charge in [0, 0.05) is 14.2 Å². The smallest absolute Gasteiger partial charge is 0.176 e. The van der Waals surface area contributed by atoms with Gasteiger partial charge >= 0.3 is 0 Å². The van der Waals surface area contributed by atoms with Gasteiger partial charge in [0.25, 0.3) is 0 Å². The Balaban J connectivity index is 3.07. The number of hydrogen-bond donors (Lipinski definition) is 1. The molecule has 0 radical (unpaired) electrons. The summed E-state index contributed by atoms with van der Waals surface area (Å²) < 4.78 is 10.4. The van der Waals surface area contributed by atoms with E-state index < -0.39 is 6.29 Å². The minimum absolute atomic E-state index is 0.166. The van der Waals surface area contributed by atoms with E-state index >= 15 is 0 Å². The molecule has 0 aliphatic heterocycles. The second-order valence-corrected chi connectivity index (χ2v) is 4.03. The Labute approximate surface area is 106 Å². The Bertz CT molecular complexity index is 343. The third-order valence-electron chi connectivity index (χ3n) is 2.36. The number of benzene rings is 1. The second-order valence-electron chi connectivity index (χ2n) is 3.25. The first kappa shape index (κ1) is 13.7. The highest BCUT2D eigenvalue weighted by Crippen LogP contribution is 2.31. The molecule has 0 saturated heterocycles. The van der Waals surface area contributed by atoms with Gasteiger partial charge in [-0.25, -0.2) is 0 Å². The van der Waals surface area contributed by atoms with Crippen LogP contribution >= 0.6 is 23.2 Å². The van der Waals surface area contributed by atoms with Crippen LogP contribution in [0.3, 0.4) is 0 Å². The molecule has 1 rings (SSSR count). The maximum atomic E-state index is 6.14. The first-order valence-corrected chi connectivity index (χ1v) is 5.58. The average Bonchev–Trinajstić information content (AvgIpc) is 2.30. The summed E-state index contributed by atoms with van der Waals surface area (Å²) in [5.41, 5.74) is 0.852. The Morgan fingerprint density at radius 3 is 2.31 bits per heavy atom. The van der Waals surface area contributed by atoms with Crippen molar-refractivity contribution in [3.05, 3.63) is 33.8 Å². The van der Waals surface area contributed by atoms with Gasteiger partial charge in [-0.1, -0.05) is 35.3 Å². The molecule has 0 saturated carbocycles. The van der Waals surface area contributed by atoms with E-state index in [4.69, 9.17) is 32.7 Å². The normalized spacial score (nSPS) is 13.1. The molecule has 5 heteroatoms. The van der Waals surface area contributed by atoms with E-state index in [-0.39, 0.29) is 6.04 Å². The maximum Gasteiger partial charge on any atom is 0.176 e. The molecule has 0 bridgehead atoms. The van der Waals surface area contributed by atoms with Crippen LogP contribution in [0.5, 0.6) is 0 Å². The van der Waals surface area contributed by atoms with Crippen LogP contribution in [0.25, 0.3) is 0 Å². The quantitative estimate of drug-likeness (QED) is 0.829. The molecule has 0 heterocycles. The largest absolute Gasteiger partial charge is 0.354 e. The van der Waals surface area contributed by atoms with Gasteiger partial charge in [-0.3, -0.25) is 0 Å². The molecule has 90 valence electrons. The van der Waals surface area contributed by atoms with Gasteiger partial charge < -0.3 is 14.8 Å². The molecule has 0 aliphatic carbocycles. The van der Waals surface area contributed by atoms with E-state index in [2.05, 4.69) is 5.32 Å². The van der Waals surface area contributed by atoms with Crippen molar-refractivity contribution in [2.45, 2.75) is 12.3 Å². The summed E-state index contributed by atoms with van der Waals surface area (Å²) >= 11 is 12.1. The van der Waals surface area contributed by atoms with Crippen LogP contribution in [0.15, 0.2) is 18.2 Å². The molecule has 1 aromatic rings. The number of likely N-dealkylation sites (N-methyl/N-ethyl adjacent to an activating group) is 1. The lowest BCUT2D eigenvalue weighted by Gasteiger charge is -2.25. The van der Waals surface area contributed by atoms with Crippen LogP contribution in [0, 0.1) is 0 Å². The van der Waals surface area contributed by atoms with Crippen molar-refractivity contribution in [2.75, 3.05) is 21.3 Å². The fourth-order valence-corrected chi connectivity index (χ4v) is 1.99. The lowest BCUT2D eigenvalue weighted by atomic mass is 10.1. The lowest BCUT2D eigenvalue weighted by Crippen LogP contribution is -2.32. The molecule has 0 aromatic heterocycles. The average molecular weight is 264 g/mol. The third-order valence-corrected chi connectivity index (χ3v) is 3.20.